The van der Waals surface area contributed by atoms with Crippen LogP contribution in [0.15, 0.2) is 174 Å². The van der Waals surface area contributed by atoms with E-state index in [4.69, 9.17) is 9.40 Å². The van der Waals surface area contributed by atoms with Crippen molar-refractivity contribution in [2.75, 3.05) is 4.90 Å². The number of thiophene rings is 1. The molecule has 49 heavy (non-hydrogen) atoms. The van der Waals surface area contributed by atoms with Gasteiger partial charge in [0, 0.05) is 42.5 Å². The first kappa shape index (κ1) is 27.8. The molecule has 0 radical (unpaired) electrons. The lowest BCUT2D eigenvalue weighted by molar-refractivity contribution is 0.620. The summed E-state index contributed by atoms with van der Waals surface area (Å²) in [5.74, 6) is 0.651. The normalized spacial score (nSPS) is 11.7. The van der Waals surface area contributed by atoms with E-state index in [1.54, 1.807) is 0 Å². The second-order valence-electron chi connectivity index (χ2n) is 12.4. The van der Waals surface area contributed by atoms with E-state index in [1.807, 2.05) is 35.6 Å². The average Bonchev–Trinajstić information content (AvgIpc) is 3.77. The molecule has 0 saturated heterocycles. The molecular weight excluding hydrogens is 617 g/mol. The fourth-order valence-corrected chi connectivity index (χ4v) is 8.31. The maximum atomic E-state index is 6.26. The van der Waals surface area contributed by atoms with Gasteiger partial charge in [0.05, 0.1) is 5.69 Å². The highest BCUT2D eigenvalue weighted by Gasteiger charge is 2.20. The highest BCUT2D eigenvalue weighted by molar-refractivity contribution is 7.26. The number of fused-ring (bicyclic) bond motifs is 6. The molecule has 8 aromatic carbocycles. The van der Waals surface area contributed by atoms with Crippen LogP contribution in [0.3, 0.4) is 0 Å². The molecule has 0 unspecified atom stereocenters. The second-order valence-corrected chi connectivity index (χ2v) is 13.5. The minimum Gasteiger partial charge on any atom is -0.436 e. The molecule has 0 saturated carbocycles. The van der Waals surface area contributed by atoms with E-state index in [-0.39, 0.29) is 0 Å². The quantitative estimate of drug-likeness (QED) is 0.187. The lowest BCUT2D eigenvalue weighted by Crippen LogP contribution is -2.10. The molecule has 10 aromatic rings. The first-order chi connectivity index (χ1) is 24.3. The summed E-state index contributed by atoms with van der Waals surface area (Å²) < 4.78 is 8.68. The number of hydrogen-bond acceptors (Lipinski definition) is 4. The van der Waals surface area contributed by atoms with E-state index in [1.165, 1.54) is 52.8 Å². The molecule has 0 fully saturated rings. The van der Waals surface area contributed by atoms with E-state index in [2.05, 4.69) is 150 Å². The van der Waals surface area contributed by atoms with Crippen molar-refractivity contribution >= 4 is 81.2 Å². The van der Waals surface area contributed by atoms with Crippen LogP contribution in [0.2, 0.25) is 0 Å². The fraction of sp³-hybridized carbons (Fsp3) is 0. The Bertz CT molecular complexity index is 2830. The van der Waals surface area contributed by atoms with Gasteiger partial charge in [-0.3, -0.25) is 0 Å². The van der Waals surface area contributed by atoms with Crippen LogP contribution in [0.25, 0.3) is 75.4 Å². The summed E-state index contributed by atoms with van der Waals surface area (Å²) in [5.41, 5.74) is 8.41. The Morgan fingerprint density at radius 2 is 1.24 bits per heavy atom. The second kappa shape index (κ2) is 11.2. The minimum atomic E-state index is 0.651. The number of rotatable bonds is 5. The third kappa shape index (κ3) is 4.68. The predicted octanol–water partition coefficient (Wildman–Crippen LogP) is 13.3. The van der Waals surface area contributed by atoms with Gasteiger partial charge < -0.3 is 9.32 Å². The summed E-state index contributed by atoms with van der Waals surface area (Å²) in [6, 6.07) is 60.6. The van der Waals surface area contributed by atoms with E-state index in [0.29, 0.717) is 5.89 Å². The molecule has 0 bridgehead atoms. The van der Waals surface area contributed by atoms with Crippen LogP contribution in [0, 0.1) is 0 Å². The molecule has 0 aliphatic heterocycles. The lowest BCUT2D eigenvalue weighted by Gasteiger charge is -2.27. The van der Waals surface area contributed by atoms with E-state index < -0.39 is 0 Å². The Labute approximate surface area is 286 Å². The zero-order valence-corrected chi connectivity index (χ0v) is 27.2. The van der Waals surface area contributed by atoms with Crippen LogP contribution in [0.5, 0.6) is 0 Å². The number of nitrogens with zero attached hydrogens (tertiary/aromatic N) is 2. The summed E-state index contributed by atoms with van der Waals surface area (Å²) >= 11 is 1.81. The maximum Gasteiger partial charge on any atom is 0.227 e. The first-order valence-electron chi connectivity index (χ1n) is 16.5. The molecule has 0 aliphatic carbocycles. The maximum absolute atomic E-state index is 6.26. The van der Waals surface area contributed by atoms with Crippen LogP contribution in [0.1, 0.15) is 0 Å². The topological polar surface area (TPSA) is 29.3 Å². The van der Waals surface area contributed by atoms with Gasteiger partial charge in [0.1, 0.15) is 5.52 Å². The number of aromatic nitrogens is 1. The molecule has 0 atom stereocenters. The molecule has 10 rings (SSSR count). The van der Waals surface area contributed by atoms with E-state index in [9.17, 15) is 0 Å². The van der Waals surface area contributed by atoms with Crippen molar-refractivity contribution in [1.82, 2.24) is 4.98 Å². The molecule has 0 N–H and O–H groups in total. The van der Waals surface area contributed by atoms with Gasteiger partial charge in [-0.15, -0.1) is 11.3 Å². The van der Waals surface area contributed by atoms with Crippen LogP contribution in [-0.2, 0) is 0 Å². The molecule has 230 valence electrons. The third-order valence-electron chi connectivity index (χ3n) is 9.46. The molecule has 0 aliphatic rings. The van der Waals surface area contributed by atoms with Crippen molar-refractivity contribution in [1.29, 1.82) is 0 Å². The van der Waals surface area contributed by atoms with Crippen LogP contribution < -0.4 is 4.90 Å². The molecule has 2 heterocycles. The van der Waals surface area contributed by atoms with Gasteiger partial charge in [-0.2, -0.15) is 0 Å². The summed E-state index contributed by atoms with van der Waals surface area (Å²) in [7, 11) is 0. The number of para-hydroxylation sites is 2. The summed E-state index contributed by atoms with van der Waals surface area (Å²) in [5, 5.41) is 7.27. The number of benzene rings is 8. The van der Waals surface area contributed by atoms with Gasteiger partial charge in [0.25, 0.3) is 0 Å². The molecule has 4 heteroatoms. The average molecular weight is 645 g/mol. The zero-order chi connectivity index (χ0) is 32.3. The van der Waals surface area contributed by atoms with Gasteiger partial charge >= 0.3 is 0 Å². The van der Waals surface area contributed by atoms with Crippen molar-refractivity contribution in [3.8, 4) is 22.6 Å². The molecular formula is C45H28N2OS. The zero-order valence-electron chi connectivity index (χ0n) is 26.4. The summed E-state index contributed by atoms with van der Waals surface area (Å²) in [4.78, 5) is 7.25. The minimum absolute atomic E-state index is 0.651. The standard InChI is InChI=1S/C45H28N2OS/c1-2-12-31-26-33(23-22-29(31)10-1)32-14-7-15-34(27-32)47(40-19-8-13-30-11-3-4-16-36(30)40)35-24-25-37-43(28-35)49-42-21-9-17-38(44(37)42)45-46-39-18-5-6-20-41(39)48-45/h1-28H. The Morgan fingerprint density at radius 1 is 0.490 bits per heavy atom. The van der Waals surface area contributed by atoms with Crippen LogP contribution in [0.4, 0.5) is 17.1 Å². The van der Waals surface area contributed by atoms with Crippen molar-refractivity contribution in [2.24, 2.45) is 0 Å². The van der Waals surface area contributed by atoms with Gasteiger partial charge in [-0.1, -0.05) is 109 Å². The van der Waals surface area contributed by atoms with Gasteiger partial charge in [0.15, 0.2) is 5.58 Å². The molecule has 3 nitrogen and oxygen atoms in total. The predicted molar refractivity (Wildman–Crippen MR) is 207 cm³/mol. The highest BCUT2D eigenvalue weighted by Crippen LogP contribution is 2.45. The van der Waals surface area contributed by atoms with E-state index >= 15 is 0 Å². The number of hydrogen-bond donors (Lipinski definition) is 0. The molecule has 0 spiro atoms. The van der Waals surface area contributed by atoms with Crippen LogP contribution >= 0.6 is 11.3 Å². The largest absolute Gasteiger partial charge is 0.436 e. The smallest absolute Gasteiger partial charge is 0.227 e. The van der Waals surface area contributed by atoms with Crippen molar-refractivity contribution < 1.29 is 4.42 Å². The monoisotopic (exact) mass is 644 g/mol. The SMILES string of the molecule is c1cc(-c2ccc3ccccc3c2)cc(N(c2ccc3c(c2)sc2cccc(-c4nc5ccccc5o4)c23)c2cccc3ccccc23)c1. The Hall–Kier alpha value is -6.23. The Balaban J connectivity index is 1.16. The lowest BCUT2D eigenvalue weighted by atomic mass is 10.00. The number of anilines is 3. The first-order valence-corrected chi connectivity index (χ1v) is 17.3. The Kier molecular flexibility index (Phi) is 6.36. The summed E-state index contributed by atoms with van der Waals surface area (Å²) in [6.45, 7) is 0. The van der Waals surface area contributed by atoms with Crippen LogP contribution in [-0.4, -0.2) is 4.98 Å². The summed E-state index contributed by atoms with van der Waals surface area (Å²) in [6.07, 6.45) is 0. The highest BCUT2D eigenvalue weighted by atomic mass is 32.1. The van der Waals surface area contributed by atoms with E-state index in [0.717, 1.165) is 33.7 Å². The Morgan fingerprint density at radius 3 is 2.18 bits per heavy atom. The van der Waals surface area contributed by atoms with Gasteiger partial charge in [-0.25, -0.2) is 4.98 Å². The molecule has 0 amide bonds. The van der Waals surface area contributed by atoms with Crippen molar-refractivity contribution in [2.45, 2.75) is 0 Å². The molecule has 2 aromatic heterocycles. The fourth-order valence-electron chi connectivity index (χ4n) is 7.14. The van der Waals surface area contributed by atoms with Gasteiger partial charge in [0.2, 0.25) is 5.89 Å². The van der Waals surface area contributed by atoms with Crippen molar-refractivity contribution in [3.63, 3.8) is 0 Å². The van der Waals surface area contributed by atoms with Gasteiger partial charge in [-0.05, 0) is 87.9 Å². The van der Waals surface area contributed by atoms with Crippen molar-refractivity contribution in [3.05, 3.63) is 170 Å². The number of oxazole rings is 1. The third-order valence-corrected chi connectivity index (χ3v) is 10.6.